The summed E-state index contributed by atoms with van der Waals surface area (Å²) in [6.07, 6.45) is -0.584. The zero-order valence-corrected chi connectivity index (χ0v) is 13.5. The third kappa shape index (κ3) is 2.57. The van der Waals surface area contributed by atoms with Gasteiger partial charge in [0.2, 0.25) is 0 Å². The van der Waals surface area contributed by atoms with E-state index in [1.807, 2.05) is 12.1 Å². The van der Waals surface area contributed by atoms with Crippen LogP contribution in [0.15, 0.2) is 42.5 Å². The largest absolute Gasteiger partial charge is 0.484 e. The van der Waals surface area contributed by atoms with Gasteiger partial charge in [-0.3, -0.25) is 0 Å². The lowest BCUT2D eigenvalue weighted by Gasteiger charge is -2.32. The van der Waals surface area contributed by atoms with Gasteiger partial charge in [-0.25, -0.2) is 13.2 Å². The fraction of sp³-hybridized carbons (Fsp3) is 0.150. The van der Waals surface area contributed by atoms with E-state index in [4.69, 9.17) is 15.7 Å². The molecule has 0 saturated carbocycles. The smallest absolute Gasteiger partial charge is 0.161 e. The van der Waals surface area contributed by atoms with Gasteiger partial charge in [-0.1, -0.05) is 12.1 Å². The maximum Gasteiger partial charge on any atom is 0.161 e. The second kappa shape index (κ2) is 6.04. The number of fused-ring (bicyclic) bond motifs is 3. The highest BCUT2D eigenvalue weighted by atomic mass is 19.2. The van der Waals surface area contributed by atoms with E-state index in [0.29, 0.717) is 23.8 Å². The van der Waals surface area contributed by atoms with E-state index in [1.54, 1.807) is 18.2 Å². The molecule has 2 atom stereocenters. The summed E-state index contributed by atoms with van der Waals surface area (Å²) in [4.78, 5) is 0. The van der Waals surface area contributed by atoms with Gasteiger partial charge >= 0.3 is 0 Å². The Morgan fingerprint density at radius 1 is 1.00 bits per heavy atom. The summed E-state index contributed by atoms with van der Waals surface area (Å²) in [6.45, 7) is 0. The molecule has 6 heteroatoms. The zero-order chi connectivity index (χ0) is 18.4. The second-order valence-electron chi connectivity index (χ2n) is 6.28. The fourth-order valence-electron chi connectivity index (χ4n) is 3.37. The molecule has 2 N–H and O–H groups in total. The predicted molar refractivity (Wildman–Crippen MR) is 90.0 cm³/mol. The van der Waals surface area contributed by atoms with Gasteiger partial charge in [0.15, 0.2) is 11.6 Å². The van der Waals surface area contributed by atoms with E-state index in [9.17, 15) is 13.2 Å². The van der Waals surface area contributed by atoms with Crippen molar-refractivity contribution < 1.29 is 17.9 Å². The van der Waals surface area contributed by atoms with Gasteiger partial charge in [0, 0.05) is 17.2 Å². The summed E-state index contributed by atoms with van der Waals surface area (Å²) in [5, 5.41) is 10.9. The maximum absolute atomic E-state index is 14.1. The van der Waals surface area contributed by atoms with E-state index in [0.717, 1.165) is 22.4 Å². The number of ether oxygens (including phenoxy) is 1. The van der Waals surface area contributed by atoms with Crippen molar-refractivity contribution in [2.24, 2.45) is 5.73 Å². The van der Waals surface area contributed by atoms with Crippen molar-refractivity contribution in [3.63, 3.8) is 0 Å². The van der Waals surface area contributed by atoms with Crippen LogP contribution in [0.3, 0.4) is 0 Å². The van der Waals surface area contributed by atoms with Crippen molar-refractivity contribution in [2.45, 2.75) is 18.6 Å². The number of rotatable bonds is 1. The zero-order valence-electron chi connectivity index (χ0n) is 13.5. The molecule has 0 amide bonds. The quantitative estimate of drug-likeness (QED) is 0.669. The van der Waals surface area contributed by atoms with Crippen molar-refractivity contribution in [3.05, 3.63) is 76.6 Å². The van der Waals surface area contributed by atoms with Crippen LogP contribution in [0, 0.1) is 28.8 Å². The lowest BCUT2D eigenvalue weighted by Crippen LogP contribution is -2.38. The molecule has 0 radical (unpaired) electrons. The van der Waals surface area contributed by atoms with Crippen LogP contribution in [0.25, 0.3) is 10.8 Å². The average Bonchev–Trinajstić information content (AvgIpc) is 2.64. The van der Waals surface area contributed by atoms with Gasteiger partial charge in [-0.15, -0.1) is 0 Å². The molecule has 26 heavy (non-hydrogen) atoms. The van der Waals surface area contributed by atoms with Crippen LogP contribution < -0.4 is 10.5 Å². The first kappa shape index (κ1) is 16.4. The predicted octanol–water partition coefficient (Wildman–Crippen LogP) is 4.13. The molecule has 3 aromatic carbocycles. The molecule has 1 aliphatic heterocycles. The molecule has 3 nitrogen and oxygen atoms in total. The SMILES string of the molecule is N#Cc1ccc2ccc3c(c2c1)C[C@H](N)[C@@H](c1cc(F)c(F)cc1F)O3. The van der Waals surface area contributed by atoms with E-state index in [1.165, 1.54) is 0 Å². The summed E-state index contributed by atoms with van der Waals surface area (Å²) in [5.74, 6) is -2.82. The molecule has 0 saturated heterocycles. The molecule has 3 aromatic rings. The van der Waals surface area contributed by atoms with Crippen LogP contribution >= 0.6 is 0 Å². The minimum atomic E-state index is -1.26. The van der Waals surface area contributed by atoms with E-state index >= 15 is 0 Å². The first-order valence-electron chi connectivity index (χ1n) is 8.00. The fourth-order valence-corrected chi connectivity index (χ4v) is 3.37. The number of nitriles is 1. The molecule has 0 aromatic heterocycles. The third-order valence-corrected chi connectivity index (χ3v) is 4.65. The Balaban J connectivity index is 1.81. The molecule has 0 unspecified atom stereocenters. The van der Waals surface area contributed by atoms with Crippen molar-refractivity contribution in [3.8, 4) is 11.8 Å². The maximum atomic E-state index is 14.1. The van der Waals surface area contributed by atoms with Crippen molar-refractivity contribution in [2.75, 3.05) is 0 Å². The number of nitrogens with two attached hydrogens (primary N) is 1. The first-order chi connectivity index (χ1) is 12.5. The topological polar surface area (TPSA) is 59.0 Å². The Labute approximate surface area is 147 Å². The van der Waals surface area contributed by atoms with Crippen molar-refractivity contribution >= 4 is 10.8 Å². The van der Waals surface area contributed by atoms with Gasteiger partial charge in [0.05, 0.1) is 17.7 Å². The molecule has 1 aliphatic rings. The Morgan fingerprint density at radius 3 is 2.50 bits per heavy atom. The number of benzene rings is 3. The molecular formula is C20H13F3N2O. The van der Waals surface area contributed by atoms with Crippen LogP contribution in [0.5, 0.6) is 5.75 Å². The van der Waals surface area contributed by atoms with Crippen LogP contribution in [0.1, 0.15) is 22.8 Å². The van der Waals surface area contributed by atoms with Gasteiger partial charge in [0.25, 0.3) is 0 Å². The van der Waals surface area contributed by atoms with Crippen LogP contribution in [0.2, 0.25) is 0 Å². The highest BCUT2D eigenvalue weighted by Crippen LogP contribution is 2.39. The number of halogens is 3. The molecule has 4 rings (SSSR count). The Kier molecular flexibility index (Phi) is 3.82. The Hall–Kier alpha value is -3.04. The normalized spacial score (nSPS) is 18.9. The van der Waals surface area contributed by atoms with Crippen LogP contribution in [-0.2, 0) is 6.42 Å². The molecular weight excluding hydrogens is 341 g/mol. The summed E-state index contributed by atoms with van der Waals surface area (Å²) < 4.78 is 46.7. The number of hydrogen-bond acceptors (Lipinski definition) is 3. The summed E-state index contributed by atoms with van der Waals surface area (Å²) in [5.41, 5.74) is 7.37. The van der Waals surface area contributed by atoms with E-state index in [-0.39, 0.29) is 5.56 Å². The highest BCUT2D eigenvalue weighted by Gasteiger charge is 2.32. The van der Waals surface area contributed by atoms with Crippen molar-refractivity contribution in [1.82, 2.24) is 0 Å². The average molecular weight is 354 g/mol. The summed E-state index contributed by atoms with van der Waals surface area (Å²) >= 11 is 0. The summed E-state index contributed by atoms with van der Waals surface area (Å²) in [7, 11) is 0. The second-order valence-corrected chi connectivity index (χ2v) is 6.28. The molecule has 0 aliphatic carbocycles. The molecule has 130 valence electrons. The molecule has 0 spiro atoms. The molecule has 0 bridgehead atoms. The van der Waals surface area contributed by atoms with Crippen LogP contribution in [0.4, 0.5) is 13.2 Å². The minimum Gasteiger partial charge on any atom is -0.484 e. The van der Waals surface area contributed by atoms with Gasteiger partial charge in [-0.05, 0) is 41.5 Å². The standard InChI is InChI=1S/C20H13F3N2O/c21-15-8-17(23)16(22)6-14(15)20-18(25)7-13-12-5-10(9-24)1-2-11(12)3-4-19(13)26-20/h1-6,8,18,20H,7,25H2/t18-,20+/m0/s1. The minimum absolute atomic E-state index is 0.118. The van der Waals surface area contributed by atoms with Gasteiger partial charge in [0.1, 0.15) is 17.7 Å². The number of hydrogen-bond donors (Lipinski definition) is 1. The lowest BCUT2D eigenvalue weighted by molar-refractivity contribution is 0.149. The first-order valence-corrected chi connectivity index (χ1v) is 8.00. The molecule has 1 heterocycles. The highest BCUT2D eigenvalue weighted by molar-refractivity contribution is 5.89. The third-order valence-electron chi connectivity index (χ3n) is 4.65. The molecule has 0 fully saturated rings. The van der Waals surface area contributed by atoms with Crippen LogP contribution in [-0.4, -0.2) is 6.04 Å². The van der Waals surface area contributed by atoms with Gasteiger partial charge in [-0.2, -0.15) is 5.26 Å². The van der Waals surface area contributed by atoms with E-state index in [2.05, 4.69) is 6.07 Å². The summed E-state index contributed by atoms with van der Waals surface area (Å²) in [6, 6.07) is 11.6. The number of nitrogens with zero attached hydrogens (tertiary/aromatic N) is 1. The lowest BCUT2D eigenvalue weighted by atomic mass is 9.89. The van der Waals surface area contributed by atoms with E-state index < -0.39 is 29.6 Å². The Bertz CT molecular complexity index is 1070. The Morgan fingerprint density at radius 2 is 1.73 bits per heavy atom. The van der Waals surface area contributed by atoms with Crippen molar-refractivity contribution in [1.29, 1.82) is 5.26 Å². The monoisotopic (exact) mass is 354 g/mol. The van der Waals surface area contributed by atoms with Gasteiger partial charge < -0.3 is 10.5 Å².